The van der Waals surface area contributed by atoms with Crippen molar-refractivity contribution >= 4 is 35.6 Å². The lowest BCUT2D eigenvalue weighted by molar-refractivity contribution is 0.0971. The minimum atomic E-state index is -0.450. The van der Waals surface area contributed by atoms with E-state index >= 15 is 0 Å². The van der Waals surface area contributed by atoms with Gasteiger partial charge in [-0.05, 0) is 18.2 Å². The summed E-state index contributed by atoms with van der Waals surface area (Å²) in [5, 5.41) is 0.822. The zero-order chi connectivity index (χ0) is 15.0. The largest absolute Gasteiger partial charge is 0.486 e. The summed E-state index contributed by atoms with van der Waals surface area (Å²) in [4.78, 5) is 0. The molecular formula is C15H13Cl3FNO2. The number of nitrogens with two attached hydrogens (primary N) is 1. The van der Waals surface area contributed by atoms with Crippen LogP contribution in [0.15, 0.2) is 30.3 Å². The van der Waals surface area contributed by atoms with E-state index < -0.39 is 5.82 Å². The monoisotopic (exact) mass is 363 g/mol. The van der Waals surface area contributed by atoms with E-state index in [2.05, 4.69) is 0 Å². The minimum absolute atomic E-state index is 0. The van der Waals surface area contributed by atoms with E-state index in [0.29, 0.717) is 39.2 Å². The van der Waals surface area contributed by atoms with Crippen molar-refractivity contribution < 1.29 is 13.9 Å². The van der Waals surface area contributed by atoms with Crippen LogP contribution in [-0.4, -0.2) is 19.3 Å². The van der Waals surface area contributed by atoms with E-state index in [0.717, 1.165) is 0 Å². The van der Waals surface area contributed by atoms with Crippen LogP contribution in [0, 0.1) is 5.82 Å². The highest BCUT2D eigenvalue weighted by Gasteiger charge is 2.26. The second-order valence-corrected chi connectivity index (χ2v) is 5.48. The highest BCUT2D eigenvalue weighted by Crippen LogP contribution is 2.46. The fourth-order valence-electron chi connectivity index (χ4n) is 2.24. The van der Waals surface area contributed by atoms with E-state index in [1.165, 1.54) is 12.1 Å². The maximum Gasteiger partial charge on any atom is 0.169 e. The van der Waals surface area contributed by atoms with Gasteiger partial charge in [0.25, 0.3) is 0 Å². The molecule has 0 unspecified atom stereocenters. The van der Waals surface area contributed by atoms with Gasteiger partial charge in [-0.1, -0.05) is 29.3 Å². The number of hydrogen-bond acceptors (Lipinski definition) is 3. The molecular weight excluding hydrogens is 352 g/mol. The van der Waals surface area contributed by atoms with E-state index in [-0.39, 0.29) is 25.1 Å². The molecule has 118 valence electrons. The summed E-state index contributed by atoms with van der Waals surface area (Å²) in [6, 6.07) is 7.69. The first-order chi connectivity index (χ1) is 10.1. The van der Waals surface area contributed by atoms with Crippen molar-refractivity contribution in [1.82, 2.24) is 0 Å². The lowest BCUT2D eigenvalue weighted by atomic mass is 10.0. The molecule has 22 heavy (non-hydrogen) atoms. The van der Waals surface area contributed by atoms with Gasteiger partial charge in [0.2, 0.25) is 0 Å². The number of rotatable bonds is 2. The first-order valence-corrected chi connectivity index (χ1v) is 7.13. The fourth-order valence-corrected chi connectivity index (χ4v) is 2.84. The Morgan fingerprint density at radius 3 is 2.55 bits per heavy atom. The average Bonchev–Trinajstić information content (AvgIpc) is 2.46. The van der Waals surface area contributed by atoms with Gasteiger partial charge in [-0.25, -0.2) is 4.39 Å². The lowest BCUT2D eigenvalue weighted by Gasteiger charge is -2.28. The molecule has 0 amide bonds. The molecule has 0 spiro atoms. The number of benzene rings is 2. The molecule has 1 heterocycles. The molecule has 1 atom stereocenters. The summed E-state index contributed by atoms with van der Waals surface area (Å²) < 4.78 is 25.2. The van der Waals surface area contributed by atoms with Crippen molar-refractivity contribution in [2.24, 2.45) is 5.73 Å². The number of fused-ring (bicyclic) bond motifs is 1. The quantitative estimate of drug-likeness (QED) is 0.863. The van der Waals surface area contributed by atoms with Crippen LogP contribution in [-0.2, 0) is 0 Å². The Hall–Kier alpha value is -1.20. The smallest absolute Gasteiger partial charge is 0.169 e. The zero-order valence-electron chi connectivity index (χ0n) is 11.3. The highest BCUT2D eigenvalue weighted by molar-refractivity contribution is 6.39. The topological polar surface area (TPSA) is 44.5 Å². The SMILES string of the molecule is Cl.NC[C@H]1COc2cc(F)cc(-c3c(Cl)cccc3Cl)c2O1. The summed E-state index contributed by atoms with van der Waals surface area (Å²) in [7, 11) is 0. The average molecular weight is 365 g/mol. The molecule has 1 aliphatic heterocycles. The number of hydrogen-bond donors (Lipinski definition) is 1. The maximum absolute atomic E-state index is 13.8. The molecule has 2 aromatic rings. The lowest BCUT2D eigenvalue weighted by Crippen LogP contribution is -2.36. The molecule has 0 saturated heterocycles. The maximum atomic E-state index is 13.8. The third-order valence-electron chi connectivity index (χ3n) is 3.22. The molecule has 1 aliphatic rings. The molecule has 2 aromatic carbocycles. The van der Waals surface area contributed by atoms with Gasteiger partial charge in [0.15, 0.2) is 11.5 Å². The van der Waals surface area contributed by atoms with Crippen LogP contribution in [0.2, 0.25) is 10.0 Å². The van der Waals surface area contributed by atoms with Crippen LogP contribution in [0.1, 0.15) is 0 Å². The Bertz CT molecular complexity index is 676. The standard InChI is InChI=1S/C15H12Cl2FNO2.ClH/c16-11-2-1-3-12(17)14(11)10-4-8(18)5-13-15(10)21-9(6-19)7-20-13;/h1-5,9H,6-7,19H2;1H/t9-;/m0./s1. The van der Waals surface area contributed by atoms with Gasteiger partial charge in [-0.15, -0.1) is 12.4 Å². The van der Waals surface area contributed by atoms with Crippen molar-refractivity contribution in [3.63, 3.8) is 0 Å². The van der Waals surface area contributed by atoms with Crippen molar-refractivity contribution in [2.75, 3.05) is 13.2 Å². The Balaban J connectivity index is 0.00000176. The Kier molecular flexibility index (Phi) is 5.40. The summed E-state index contributed by atoms with van der Waals surface area (Å²) in [5.41, 5.74) is 6.58. The van der Waals surface area contributed by atoms with Gasteiger partial charge in [-0.3, -0.25) is 0 Å². The second kappa shape index (κ2) is 6.92. The predicted molar refractivity (Wildman–Crippen MR) is 88.1 cm³/mol. The van der Waals surface area contributed by atoms with Crippen LogP contribution < -0.4 is 15.2 Å². The normalized spacial score (nSPS) is 16.1. The molecule has 0 bridgehead atoms. The molecule has 2 N–H and O–H groups in total. The highest BCUT2D eigenvalue weighted by atomic mass is 35.5. The third kappa shape index (κ3) is 3.10. The van der Waals surface area contributed by atoms with Crippen LogP contribution in [0.4, 0.5) is 4.39 Å². The summed E-state index contributed by atoms with van der Waals surface area (Å²) in [6.45, 7) is 0.579. The van der Waals surface area contributed by atoms with Gasteiger partial charge in [0.1, 0.15) is 18.5 Å². The van der Waals surface area contributed by atoms with Crippen molar-refractivity contribution in [3.05, 3.63) is 46.2 Å². The van der Waals surface area contributed by atoms with E-state index in [4.69, 9.17) is 38.4 Å². The number of ether oxygens (including phenoxy) is 2. The van der Waals surface area contributed by atoms with E-state index in [1.807, 2.05) is 0 Å². The van der Waals surface area contributed by atoms with Crippen LogP contribution in [0.3, 0.4) is 0 Å². The van der Waals surface area contributed by atoms with Crippen molar-refractivity contribution in [3.8, 4) is 22.6 Å². The first kappa shape index (κ1) is 17.2. The van der Waals surface area contributed by atoms with Gasteiger partial charge in [0, 0.05) is 23.7 Å². The van der Waals surface area contributed by atoms with Gasteiger partial charge in [-0.2, -0.15) is 0 Å². The predicted octanol–water partition coefficient (Wildman–Crippen LogP) is 4.32. The molecule has 0 aliphatic carbocycles. The fraction of sp³-hybridized carbons (Fsp3) is 0.200. The van der Waals surface area contributed by atoms with Gasteiger partial charge < -0.3 is 15.2 Å². The molecule has 0 radical (unpaired) electrons. The first-order valence-electron chi connectivity index (χ1n) is 6.37. The Morgan fingerprint density at radius 1 is 1.23 bits per heavy atom. The molecule has 3 rings (SSSR count). The van der Waals surface area contributed by atoms with Gasteiger partial charge in [0.05, 0.1) is 10.0 Å². The zero-order valence-corrected chi connectivity index (χ0v) is 13.6. The number of halogens is 4. The minimum Gasteiger partial charge on any atom is -0.486 e. The Morgan fingerprint density at radius 2 is 1.91 bits per heavy atom. The van der Waals surface area contributed by atoms with Gasteiger partial charge >= 0.3 is 0 Å². The van der Waals surface area contributed by atoms with Crippen LogP contribution in [0.5, 0.6) is 11.5 Å². The summed E-state index contributed by atoms with van der Waals surface area (Å²) >= 11 is 12.4. The van der Waals surface area contributed by atoms with E-state index in [1.54, 1.807) is 18.2 Å². The second-order valence-electron chi connectivity index (χ2n) is 4.66. The summed E-state index contributed by atoms with van der Waals surface area (Å²) in [5.74, 6) is 0.285. The van der Waals surface area contributed by atoms with Crippen LogP contribution in [0.25, 0.3) is 11.1 Å². The molecule has 7 heteroatoms. The molecule has 0 aromatic heterocycles. The van der Waals surface area contributed by atoms with Crippen LogP contribution >= 0.6 is 35.6 Å². The summed E-state index contributed by atoms with van der Waals surface area (Å²) in [6.07, 6.45) is -0.289. The van der Waals surface area contributed by atoms with Crippen molar-refractivity contribution in [2.45, 2.75) is 6.10 Å². The molecule has 0 fully saturated rings. The molecule has 3 nitrogen and oxygen atoms in total. The molecule has 0 saturated carbocycles. The van der Waals surface area contributed by atoms with Crippen molar-refractivity contribution in [1.29, 1.82) is 0 Å². The van der Waals surface area contributed by atoms with E-state index in [9.17, 15) is 4.39 Å². The third-order valence-corrected chi connectivity index (χ3v) is 3.85. The Labute approximate surface area is 143 Å².